The zero-order valence-electron chi connectivity index (χ0n) is 16.2. The molecule has 24 heavy (non-hydrogen) atoms. The van der Waals surface area contributed by atoms with Gasteiger partial charge in [-0.2, -0.15) is 0 Å². The van der Waals surface area contributed by atoms with Gasteiger partial charge in [-0.15, -0.1) is 0 Å². The molecule has 1 atom stereocenters. The molecule has 0 spiro atoms. The molecule has 0 saturated carbocycles. The second kappa shape index (κ2) is 9.93. The lowest BCUT2D eigenvalue weighted by molar-refractivity contribution is 0.205. The van der Waals surface area contributed by atoms with E-state index in [1.807, 2.05) is 34.6 Å². The van der Waals surface area contributed by atoms with E-state index >= 15 is 0 Å². The minimum Gasteiger partial charge on any atom is -0.411 e. The standard InChI is InChI=1S/C16H36N6O2/c1-12(20-23)15(4,5)18-8-10-22(14(3)17)11-9-19-16(6,7)13(2)21-24/h14,18-19,23-24H,8-11,17H2,1-7H3/b20-12+,21-13+. The Morgan fingerprint density at radius 3 is 1.54 bits per heavy atom. The topological polar surface area (TPSA) is 118 Å². The van der Waals surface area contributed by atoms with Crippen LogP contribution in [0.2, 0.25) is 0 Å². The highest BCUT2D eigenvalue weighted by Crippen LogP contribution is 2.06. The first-order valence-electron chi connectivity index (χ1n) is 8.36. The molecule has 0 aromatic carbocycles. The van der Waals surface area contributed by atoms with Crippen molar-refractivity contribution in [2.45, 2.75) is 65.7 Å². The molecular formula is C16H36N6O2. The summed E-state index contributed by atoms with van der Waals surface area (Å²) in [5.74, 6) is 0. The van der Waals surface area contributed by atoms with Crippen molar-refractivity contribution in [2.24, 2.45) is 16.0 Å². The lowest BCUT2D eigenvalue weighted by Crippen LogP contribution is -2.53. The number of nitrogens with one attached hydrogen (secondary N) is 2. The molecule has 0 bridgehead atoms. The van der Waals surface area contributed by atoms with Crippen LogP contribution in [0.4, 0.5) is 0 Å². The van der Waals surface area contributed by atoms with Crippen LogP contribution in [0, 0.1) is 0 Å². The predicted octanol–water partition coefficient (Wildman–Crippen LogP) is 1.03. The van der Waals surface area contributed by atoms with Gasteiger partial charge >= 0.3 is 0 Å². The molecule has 0 aromatic heterocycles. The Hall–Kier alpha value is -1.22. The molecule has 8 heteroatoms. The minimum absolute atomic E-state index is 0.0694. The zero-order valence-corrected chi connectivity index (χ0v) is 16.2. The van der Waals surface area contributed by atoms with E-state index in [0.29, 0.717) is 11.4 Å². The van der Waals surface area contributed by atoms with Gasteiger partial charge in [0.1, 0.15) is 0 Å². The molecule has 8 nitrogen and oxygen atoms in total. The fourth-order valence-corrected chi connectivity index (χ4v) is 2.05. The van der Waals surface area contributed by atoms with E-state index < -0.39 is 0 Å². The van der Waals surface area contributed by atoms with Crippen molar-refractivity contribution < 1.29 is 10.4 Å². The summed E-state index contributed by atoms with van der Waals surface area (Å²) in [6, 6.07) is 0. The monoisotopic (exact) mass is 344 g/mol. The molecule has 0 aliphatic carbocycles. The summed E-state index contributed by atoms with van der Waals surface area (Å²) in [7, 11) is 0. The average molecular weight is 345 g/mol. The van der Waals surface area contributed by atoms with Crippen LogP contribution >= 0.6 is 0 Å². The largest absolute Gasteiger partial charge is 0.411 e. The lowest BCUT2D eigenvalue weighted by atomic mass is 9.99. The molecule has 0 aliphatic heterocycles. The van der Waals surface area contributed by atoms with E-state index in [1.54, 1.807) is 13.8 Å². The number of oxime groups is 2. The molecule has 0 rings (SSSR count). The Labute approximate surface area is 146 Å². The maximum absolute atomic E-state index is 8.91. The van der Waals surface area contributed by atoms with E-state index in [2.05, 4.69) is 25.8 Å². The molecule has 0 aromatic rings. The van der Waals surface area contributed by atoms with Gasteiger partial charge in [0, 0.05) is 26.2 Å². The van der Waals surface area contributed by atoms with Crippen molar-refractivity contribution in [3.63, 3.8) is 0 Å². The Kier molecular flexibility index (Phi) is 9.42. The van der Waals surface area contributed by atoms with E-state index in [-0.39, 0.29) is 17.2 Å². The van der Waals surface area contributed by atoms with Crippen LogP contribution in [0.3, 0.4) is 0 Å². The smallest absolute Gasteiger partial charge is 0.0734 e. The first-order valence-corrected chi connectivity index (χ1v) is 8.36. The van der Waals surface area contributed by atoms with Crippen LogP contribution < -0.4 is 16.4 Å². The Morgan fingerprint density at radius 2 is 1.29 bits per heavy atom. The second-order valence-corrected chi connectivity index (χ2v) is 7.25. The average Bonchev–Trinajstić information content (AvgIpc) is 2.51. The van der Waals surface area contributed by atoms with Crippen molar-refractivity contribution in [2.75, 3.05) is 26.2 Å². The molecule has 0 heterocycles. The Balaban J connectivity index is 4.44. The number of hydrogen-bond acceptors (Lipinski definition) is 8. The summed E-state index contributed by atoms with van der Waals surface area (Å²) in [5.41, 5.74) is 6.59. The van der Waals surface area contributed by atoms with Gasteiger partial charge in [-0.05, 0) is 48.5 Å². The molecule has 1 unspecified atom stereocenters. The molecule has 0 saturated heterocycles. The van der Waals surface area contributed by atoms with Gasteiger partial charge in [0.25, 0.3) is 0 Å². The third kappa shape index (κ3) is 7.57. The van der Waals surface area contributed by atoms with Crippen molar-refractivity contribution in [1.29, 1.82) is 0 Å². The maximum atomic E-state index is 8.91. The van der Waals surface area contributed by atoms with Gasteiger partial charge in [0.2, 0.25) is 0 Å². The first kappa shape index (κ1) is 22.8. The molecule has 142 valence electrons. The number of nitrogens with zero attached hydrogens (tertiary/aromatic N) is 3. The van der Waals surface area contributed by atoms with Gasteiger partial charge in [0.15, 0.2) is 0 Å². The van der Waals surface area contributed by atoms with Crippen LogP contribution in [-0.2, 0) is 0 Å². The van der Waals surface area contributed by atoms with Gasteiger partial charge in [0.05, 0.1) is 28.7 Å². The predicted molar refractivity (Wildman–Crippen MR) is 99.2 cm³/mol. The number of nitrogens with two attached hydrogens (primary N) is 1. The van der Waals surface area contributed by atoms with Crippen LogP contribution in [0.25, 0.3) is 0 Å². The van der Waals surface area contributed by atoms with Crippen molar-refractivity contribution >= 4 is 11.4 Å². The highest BCUT2D eigenvalue weighted by molar-refractivity contribution is 5.90. The van der Waals surface area contributed by atoms with Crippen molar-refractivity contribution in [3.05, 3.63) is 0 Å². The zero-order chi connectivity index (χ0) is 19.0. The molecule has 0 fully saturated rings. The SMILES string of the molecule is C/C(=N\O)C(C)(C)NCCN(CCNC(C)(C)/C(C)=N/O)C(C)N. The van der Waals surface area contributed by atoms with Crippen LogP contribution in [0.5, 0.6) is 0 Å². The van der Waals surface area contributed by atoms with Crippen molar-refractivity contribution in [1.82, 2.24) is 15.5 Å². The summed E-state index contributed by atoms with van der Waals surface area (Å²) in [6.07, 6.45) is -0.0694. The quantitative estimate of drug-likeness (QED) is 0.165. The summed E-state index contributed by atoms with van der Waals surface area (Å²) in [6.45, 7) is 16.4. The van der Waals surface area contributed by atoms with Crippen LogP contribution in [-0.4, -0.2) is 70.2 Å². The van der Waals surface area contributed by atoms with E-state index in [1.165, 1.54) is 0 Å². The molecule has 0 amide bonds. The van der Waals surface area contributed by atoms with E-state index in [9.17, 15) is 0 Å². The van der Waals surface area contributed by atoms with Gasteiger partial charge < -0.3 is 26.8 Å². The first-order chi connectivity index (χ1) is 11.0. The Morgan fingerprint density at radius 1 is 0.958 bits per heavy atom. The summed E-state index contributed by atoms with van der Waals surface area (Å²) in [5, 5.41) is 31.1. The molecule has 0 aliphatic rings. The normalized spacial score (nSPS) is 15.9. The second-order valence-electron chi connectivity index (χ2n) is 7.25. The summed E-state index contributed by atoms with van der Waals surface area (Å²) >= 11 is 0. The maximum Gasteiger partial charge on any atom is 0.0734 e. The van der Waals surface area contributed by atoms with Crippen LogP contribution in [0.15, 0.2) is 10.3 Å². The highest BCUT2D eigenvalue weighted by atomic mass is 16.4. The fraction of sp³-hybridized carbons (Fsp3) is 0.875. The van der Waals surface area contributed by atoms with Gasteiger partial charge in [-0.25, -0.2) is 0 Å². The molecule has 0 radical (unpaired) electrons. The fourth-order valence-electron chi connectivity index (χ4n) is 2.05. The Bertz CT molecular complexity index is 396. The molecule has 6 N–H and O–H groups in total. The van der Waals surface area contributed by atoms with Gasteiger partial charge in [-0.1, -0.05) is 10.3 Å². The minimum atomic E-state index is -0.368. The number of hydrogen-bond donors (Lipinski definition) is 5. The van der Waals surface area contributed by atoms with E-state index in [0.717, 1.165) is 26.2 Å². The third-order valence-corrected chi connectivity index (χ3v) is 4.62. The highest BCUT2D eigenvalue weighted by Gasteiger charge is 2.23. The van der Waals surface area contributed by atoms with E-state index in [4.69, 9.17) is 16.1 Å². The lowest BCUT2D eigenvalue weighted by Gasteiger charge is -2.32. The van der Waals surface area contributed by atoms with Gasteiger partial charge in [-0.3, -0.25) is 4.90 Å². The van der Waals surface area contributed by atoms with Crippen LogP contribution in [0.1, 0.15) is 48.5 Å². The third-order valence-electron chi connectivity index (χ3n) is 4.62. The molecular weight excluding hydrogens is 308 g/mol. The summed E-state index contributed by atoms with van der Waals surface area (Å²) < 4.78 is 0. The number of rotatable bonds is 11. The van der Waals surface area contributed by atoms with Crippen molar-refractivity contribution in [3.8, 4) is 0 Å². The summed E-state index contributed by atoms with van der Waals surface area (Å²) in [4.78, 5) is 2.16.